The third-order valence-electron chi connectivity index (χ3n) is 4.59. The van der Waals surface area contributed by atoms with Crippen LogP contribution in [0.4, 0.5) is 0 Å². The van der Waals surface area contributed by atoms with Crippen LogP contribution < -0.4 is 5.32 Å². The number of hydrogen-bond acceptors (Lipinski definition) is 3. The highest BCUT2D eigenvalue weighted by molar-refractivity contribution is 5.91. The van der Waals surface area contributed by atoms with Crippen molar-refractivity contribution in [2.24, 2.45) is 5.92 Å². The van der Waals surface area contributed by atoms with Gasteiger partial charge in [0.2, 0.25) is 5.91 Å². The van der Waals surface area contributed by atoms with Crippen LogP contribution in [0.15, 0.2) is 42.6 Å². The van der Waals surface area contributed by atoms with Gasteiger partial charge in [0.15, 0.2) is 0 Å². The highest BCUT2D eigenvalue weighted by Crippen LogP contribution is 2.23. The van der Waals surface area contributed by atoms with Gasteiger partial charge in [0.05, 0.1) is 12.7 Å². The molecule has 1 saturated carbocycles. The minimum Gasteiger partial charge on any atom is -0.350 e. The molecule has 24 heavy (non-hydrogen) atoms. The Balaban J connectivity index is 1.53. The molecule has 1 aliphatic carbocycles. The van der Waals surface area contributed by atoms with Gasteiger partial charge >= 0.3 is 0 Å². The zero-order valence-electron chi connectivity index (χ0n) is 14.1. The van der Waals surface area contributed by atoms with E-state index in [1.165, 1.54) is 24.8 Å². The standard InChI is InChI=1S/C19H24N4O/c1-15-7-5-6-10-18(15)20-19(24)12-11-17-14-23(22-21-17)13-16-8-3-2-4-9-16/h2-4,8-9,11-12,14-15,18H,5-7,10,13H2,1H3,(H,20,24). The molecule has 2 unspecified atom stereocenters. The molecule has 1 fully saturated rings. The number of amides is 1. The first kappa shape index (κ1) is 16.4. The first-order chi connectivity index (χ1) is 11.7. The lowest BCUT2D eigenvalue weighted by molar-refractivity contribution is -0.117. The second-order valence-corrected chi connectivity index (χ2v) is 6.54. The molecular formula is C19H24N4O. The molecule has 1 heterocycles. The predicted octanol–water partition coefficient (Wildman–Crippen LogP) is 3.03. The maximum absolute atomic E-state index is 12.1. The molecule has 126 valence electrons. The second-order valence-electron chi connectivity index (χ2n) is 6.54. The molecular weight excluding hydrogens is 300 g/mol. The number of nitrogens with one attached hydrogen (secondary N) is 1. The van der Waals surface area contributed by atoms with Crippen LogP contribution in [0.25, 0.3) is 6.08 Å². The Hall–Kier alpha value is -2.43. The number of rotatable bonds is 5. The van der Waals surface area contributed by atoms with Crippen molar-refractivity contribution in [3.63, 3.8) is 0 Å². The van der Waals surface area contributed by atoms with Crippen molar-refractivity contribution < 1.29 is 4.79 Å². The van der Waals surface area contributed by atoms with Crippen LogP contribution in [0.3, 0.4) is 0 Å². The summed E-state index contributed by atoms with van der Waals surface area (Å²) in [5.74, 6) is 0.509. The quantitative estimate of drug-likeness (QED) is 0.860. The smallest absolute Gasteiger partial charge is 0.244 e. The Morgan fingerprint density at radius 2 is 2.08 bits per heavy atom. The lowest BCUT2D eigenvalue weighted by Crippen LogP contribution is -2.40. The molecule has 1 aliphatic rings. The molecule has 2 atom stereocenters. The summed E-state index contributed by atoms with van der Waals surface area (Å²) in [6.07, 6.45) is 9.87. The largest absolute Gasteiger partial charge is 0.350 e. The minimum atomic E-state index is -0.0497. The number of carbonyl (C=O) groups is 1. The molecule has 0 spiro atoms. The highest BCUT2D eigenvalue weighted by Gasteiger charge is 2.21. The van der Waals surface area contributed by atoms with Gasteiger partial charge in [-0.1, -0.05) is 55.3 Å². The van der Waals surface area contributed by atoms with Gasteiger partial charge < -0.3 is 5.32 Å². The first-order valence-corrected chi connectivity index (χ1v) is 8.63. The molecule has 3 rings (SSSR count). The van der Waals surface area contributed by atoms with Crippen molar-refractivity contribution in [1.29, 1.82) is 0 Å². The van der Waals surface area contributed by atoms with Gasteiger partial charge in [-0.3, -0.25) is 4.79 Å². The molecule has 0 aliphatic heterocycles. The van der Waals surface area contributed by atoms with E-state index in [1.807, 2.05) is 24.4 Å². The van der Waals surface area contributed by atoms with E-state index in [1.54, 1.807) is 16.8 Å². The Bertz CT molecular complexity index is 692. The van der Waals surface area contributed by atoms with E-state index in [9.17, 15) is 4.79 Å². The Kier molecular flexibility index (Phi) is 5.41. The van der Waals surface area contributed by atoms with Crippen LogP contribution in [0, 0.1) is 5.92 Å². The molecule has 1 aromatic carbocycles. The van der Waals surface area contributed by atoms with Crippen molar-refractivity contribution in [3.05, 3.63) is 53.9 Å². The molecule has 2 aromatic rings. The topological polar surface area (TPSA) is 59.8 Å². The predicted molar refractivity (Wildman–Crippen MR) is 94.2 cm³/mol. The van der Waals surface area contributed by atoms with Gasteiger partial charge in [-0.25, -0.2) is 4.68 Å². The third kappa shape index (κ3) is 4.54. The fourth-order valence-electron chi connectivity index (χ4n) is 3.16. The summed E-state index contributed by atoms with van der Waals surface area (Å²) in [4.78, 5) is 12.1. The molecule has 5 heteroatoms. The van der Waals surface area contributed by atoms with E-state index < -0.39 is 0 Å². The number of hydrogen-bond donors (Lipinski definition) is 1. The van der Waals surface area contributed by atoms with Crippen molar-refractivity contribution >= 4 is 12.0 Å². The zero-order valence-corrected chi connectivity index (χ0v) is 14.1. The molecule has 1 N–H and O–H groups in total. The Morgan fingerprint density at radius 3 is 2.88 bits per heavy atom. The lowest BCUT2D eigenvalue weighted by atomic mass is 9.86. The highest BCUT2D eigenvalue weighted by atomic mass is 16.1. The number of benzene rings is 1. The summed E-state index contributed by atoms with van der Waals surface area (Å²) >= 11 is 0. The van der Waals surface area contributed by atoms with E-state index in [4.69, 9.17) is 0 Å². The number of aromatic nitrogens is 3. The zero-order chi connectivity index (χ0) is 16.8. The molecule has 1 amide bonds. The van der Waals surface area contributed by atoms with Crippen LogP contribution in [-0.4, -0.2) is 26.9 Å². The normalized spacial score (nSPS) is 21.0. The van der Waals surface area contributed by atoms with Crippen LogP contribution in [0.1, 0.15) is 43.9 Å². The summed E-state index contributed by atoms with van der Waals surface area (Å²) in [6, 6.07) is 10.4. The molecule has 1 aromatic heterocycles. The lowest BCUT2D eigenvalue weighted by Gasteiger charge is -2.29. The van der Waals surface area contributed by atoms with E-state index in [0.717, 1.165) is 6.42 Å². The summed E-state index contributed by atoms with van der Waals surface area (Å²) < 4.78 is 1.77. The monoisotopic (exact) mass is 324 g/mol. The minimum absolute atomic E-state index is 0.0497. The Labute approximate surface area is 142 Å². The first-order valence-electron chi connectivity index (χ1n) is 8.63. The van der Waals surface area contributed by atoms with Gasteiger partial charge in [-0.05, 0) is 30.4 Å². The van der Waals surface area contributed by atoms with E-state index in [2.05, 4.69) is 34.7 Å². The van der Waals surface area contributed by atoms with Crippen molar-refractivity contribution in [1.82, 2.24) is 20.3 Å². The van der Waals surface area contributed by atoms with Crippen LogP contribution in [0.2, 0.25) is 0 Å². The second kappa shape index (κ2) is 7.90. The van der Waals surface area contributed by atoms with Gasteiger partial charge in [0.1, 0.15) is 5.69 Å². The van der Waals surface area contributed by atoms with Crippen molar-refractivity contribution in [2.75, 3.05) is 0 Å². The van der Waals surface area contributed by atoms with Crippen LogP contribution >= 0.6 is 0 Å². The maximum atomic E-state index is 12.1. The third-order valence-corrected chi connectivity index (χ3v) is 4.59. The van der Waals surface area contributed by atoms with Crippen LogP contribution in [-0.2, 0) is 11.3 Å². The number of nitrogens with zero attached hydrogens (tertiary/aromatic N) is 3. The fourth-order valence-corrected chi connectivity index (χ4v) is 3.16. The average molecular weight is 324 g/mol. The van der Waals surface area contributed by atoms with E-state index in [0.29, 0.717) is 24.2 Å². The summed E-state index contributed by atoms with van der Waals surface area (Å²) in [5.41, 5.74) is 1.86. The van der Waals surface area contributed by atoms with E-state index >= 15 is 0 Å². The summed E-state index contributed by atoms with van der Waals surface area (Å²) in [7, 11) is 0. The van der Waals surface area contributed by atoms with Crippen LogP contribution in [0.5, 0.6) is 0 Å². The Morgan fingerprint density at radius 1 is 1.29 bits per heavy atom. The molecule has 0 saturated heterocycles. The summed E-state index contributed by atoms with van der Waals surface area (Å²) in [5, 5.41) is 11.3. The molecule has 5 nitrogen and oxygen atoms in total. The van der Waals surface area contributed by atoms with Gasteiger partial charge in [0.25, 0.3) is 0 Å². The van der Waals surface area contributed by atoms with Gasteiger partial charge in [0, 0.05) is 12.1 Å². The number of carbonyl (C=O) groups excluding carboxylic acids is 1. The molecule has 0 bridgehead atoms. The summed E-state index contributed by atoms with van der Waals surface area (Å²) in [6.45, 7) is 2.89. The van der Waals surface area contributed by atoms with Crippen molar-refractivity contribution in [2.45, 2.75) is 45.2 Å². The average Bonchev–Trinajstić information content (AvgIpc) is 3.03. The molecule has 0 radical (unpaired) electrons. The fraction of sp³-hybridized carbons (Fsp3) is 0.421. The van der Waals surface area contributed by atoms with Crippen molar-refractivity contribution in [3.8, 4) is 0 Å². The van der Waals surface area contributed by atoms with Gasteiger partial charge in [-0.2, -0.15) is 0 Å². The van der Waals surface area contributed by atoms with E-state index in [-0.39, 0.29) is 5.91 Å². The SMILES string of the molecule is CC1CCCCC1NC(=O)C=Cc1cn(Cc2ccccc2)nn1. The van der Waals surface area contributed by atoms with Gasteiger partial charge in [-0.15, -0.1) is 5.10 Å². The maximum Gasteiger partial charge on any atom is 0.244 e.